The van der Waals surface area contributed by atoms with E-state index in [1.54, 1.807) is 0 Å². The molecule has 2 rings (SSSR count). The molecule has 1 amide bonds. The van der Waals surface area contributed by atoms with E-state index in [0.717, 1.165) is 24.4 Å². The summed E-state index contributed by atoms with van der Waals surface area (Å²) in [4.78, 5) is 25.7. The number of phenols is 1. The van der Waals surface area contributed by atoms with Gasteiger partial charge in [-0.05, 0) is 24.3 Å². The number of amides is 1. The van der Waals surface area contributed by atoms with Crippen molar-refractivity contribution in [2.75, 3.05) is 5.32 Å². The molecule has 108 valence electrons. The molecular formula is C13H8F2N2O4. The number of aromatic nitrogens is 1. The summed E-state index contributed by atoms with van der Waals surface area (Å²) in [5, 5.41) is 20.4. The molecule has 0 saturated carbocycles. The molecule has 3 N–H and O–H groups in total. The van der Waals surface area contributed by atoms with Crippen molar-refractivity contribution >= 4 is 17.6 Å². The van der Waals surface area contributed by atoms with Gasteiger partial charge in [0, 0.05) is 11.9 Å². The first kappa shape index (κ1) is 14.4. The standard InChI is InChI=1S/C13H8F2N2O4/c14-10-7(3-4-16-11(10)15)12(19)17-6-1-2-9(18)8(5-6)13(20)21/h1-5,18H,(H,17,19)(H,20,21). The van der Waals surface area contributed by atoms with Crippen LogP contribution in [0.25, 0.3) is 0 Å². The molecule has 0 aliphatic carbocycles. The predicted octanol–water partition coefficient (Wildman–Crippen LogP) is 2.02. The number of carbonyl (C=O) groups excluding carboxylic acids is 1. The van der Waals surface area contributed by atoms with Gasteiger partial charge in [-0.15, -0.1) is 0 Å². The zero-order valence-electron chi connectivity index (χ0n) is 10.3. The molecule has 1 aromatic carbocycles. The van der Waals surface area contributed by atoms with Crippen LogP contribution in [0.15, 0.2) is 30.5 Å². The Labute approximate surface area is 116 Å². The van der Waals surface area contributed by atoms with Gasteiger partial charge in [-0.2, -0.15) is 4.39 Å². The molecule has 0 unspecified atom stereocenters. The predicted molar refractivity (Wildman–Crippen MR) is 67.2 cm³/mol. The topological polar surface area (TPSA) is 99.5 Å². The Morgan fingerprint density at radius 2 is 1.86 bits per heavy atom. The summed E-state index contributed by atoms with van der Waals surface area (Å²) in [5.41, 5.74) is -1.01. The van der Waals surface area contributed by atoms with Crippen LogP contribution in [-0.2, 0) is 0 Å². The average molecular weight is 294 g/mol. The van der Waals surface area contributed by atoms with Crippen molar-refractivity contribution in [1.29, 1.82) is 0 Å². The fraction of sp³-hybridized carbons (Fsp3) is 0. The Hall–Kier alpha value is -3.03. The molecule has 0 aliphatic rings. The lowest BCUT2D eigenvalue weighted by molar-refractivity contribution is 0.0693. The van der Waals surface area contributed by atoms with Crippen LogP contribution in [0.3, 0.4) is 0 Å². The summed E-state index contributed by atoms with van der Waals surface area (Å²) < 4.78 is 26.3. The molecular weight excluding hydrogens is 286 g/mol. The minimum Gasteiger partial charge on any atom is -0.507 e. The van der Waals surface area contributed by atoms with Crippen LogP contribution in [0.4, 0.5) is 14.5 Å². The van der Waals surface area contributed by atoms with Crippen molar-refractivity contribution in [3.63, 3.8) is 0 Å². The Bertz CT molecular complexity index is 734. The second kappa shape index (κ2) is 5.53. The Kier molecular flexibility index (Phi) is 3.79. The van der Waals surface area contributed by atoms with Crippen molar-refractivity contribution < 1.29 is 28.6 Å². The van der Waals surface area contributed by atoms with E-state index < -0.39 is 40.5 Å². The van der Waals surface area contributed by atoms with E-state index in [4.69, 9.17) is 5.11 Å². The molecule has 6 nitrogen and oxygen atoms in total. The highest BCUT2D eigenvalue weighted by Crippen LogP contribution is 2.22. The number of carbonyl (C=O) groups is 2. The number of nitrogens with one attached hydrogen (secondary N) is 1. The maximum Gasteiger partial charge on any atom is 0.339 e. The molecule has 8 heteroatoms. The molecule has 0 aliphatic heterocycles. The monoisotopic (exact) mass is 294 g/mol. The van der Waals surface area contributed by atoms with E-state index in [9.17, 15) is 23.5 Å². The van der Waals surface area contributed by atoms with E-state index in [0.29, 0.717) is 0 Å². The van der Waals surface area contributed by atoms with E-state index in [2.05, 4.69) is 10.3 Å². The summed E-state index contributed by atoms with van der Waals surface area (Å²) in [6.07, 6.45) is 0.923. The van der Waals surface area contributed by atoms with Crippen LogP contribution in [0.2, 0.25) is 0 Å². The second-order valence-corrected chi connectivity index (χ2v) is 3.95. The summed E-state index contributed by atoms with van der Waals surface area (Å²) in [6.45, 7) is 0. The van der Waals surface area contributed by atoms with Crippen LogP contribution < -0.4 is 5.32 Å². The molecule has 21 heavy (non-hydrogen) atoms. The smallest absolute Gasteiger partial charge is 0.339 e. The molecule has 0 fully saturated rings. The van der Waals surface area contributed by atoms with E-state index in [1.807, 2.05) is 0 Å². The summed E-state index contributed by atoms with van der Waals surface area (Å²) >= 11 is 0. The lowest BCUT2D eigenvalue weighted by Crippen LogP contribution is -2.15. The minimum atomic E-state index is -1.42. The minimum absolute atomic E-state index is 0.00632. The highest BCUT2D eigenvalue weighted by Gasteiger charge is 2.17. The third kappa shape index (κ3) is 2.94. The van der Waals surface area contributed by atoms with Crippen LogP contribution in [0.5, 0.6) is 5.75 Å². The van der Waals surface area contributed by atoms with E-state index in [-0.39, 0.29) is 5.69 Å². The number of carboxylic acids is 1. The molecule has 1 heterocycles. The number of rotatable bonds is 3. The van der Waals surface area contributed by atoms with Crippen molar-refractivity contribution in [1.82, 2.24) is 4.98 Å². The van der Waals surface area contributed by atoms with Gasteiger partial charge in [0.2, 0.25) is 5.95 Å². The molecule has 0 saturated heterocycles. The normalized spacial score (nSPS) is 10.2. The maximum absolute atomic E-state index is 13.4. The number of halogens is 2. The fourth-order valence-corrected chi connectivity index (χ4v) is 1.58. The average Bonchev–Trinajstić information content (AvgIpc) is 2.43. The molecule has 2 aromatic rings. The van der Waals surface area contributed by atoms with Gasteiger partial charge in [0.15, 0.2) is 5.82 Å². The van der Waals surface area contributed by atoms with Crippen molar-refractivity contribution in [3.05, 3.63) is 53.4 Å². The first-order valence-electron chi connectivity index (χ1n) is 5.58. The van der Waals surface area contributed by atoms with Crippen LogP contribution in [0.1, 0.15) is 20.7 Å². The lowest BCUT2D eigenvalue weighted by atomic mass is 10.1. The van der Waals surface area contributed by atoms with Gasteiger partial charge >= 0.3 is 5.97 Å². The number of pyridine rings is 1. The summed E-state index contributed by atoms with van der Waals surface area (Å²) in [6, 6.07) is 4.25. The number of aromatic hydroxyl groups is 1. The van der Waals surface area contributed by atoms with E-state index >= 15 is 0 Å². The lowest BCUT2D eigenvalue weighted by Gasteiger charge is -2.08. The number of benzene rings is 1. The molecule has 0 spiro atoms. The fourth-order valence-electron chi connectivity index (χ4n) is 1.58. The number of nitrogens with zero attached hydrogens (tertiary/aromatic N) is 1. The Balaban J connectivity index is 2.30. The van der Waals surface area contributed by atoms with Gasteiger partial charge in [0.1, 0.15) is 11.3 Å². The SMILES string of the molecule is O=C(O)c1cc(NC(=O)c2ccnc(F)c2F)ccc1O. The first-order chi connectivity index (χ1) is 9.90. The van der Waals surface area contributed by atoms with Crippen molar-refractivity contribution in [2.45, 2.75) is 0 Å². The van der Waals surface area contributed by atoms with Crippen LogP contribution >= 0.6 is 0 Å². The van der Waals surface area contributed by atoms with E-state index in [1.165, 1.54) is 6.07 Å². The van der Waals surface area contributed by atoms with Gasteiger partial charge in [-0.25, -0.2) is 14.2 Å². The van der Waals surface area contributed by atoms with Crippen molar-refractivity contribution in [2.24, 2.45) is 0 Å². The third-order valence-corrected chi connectivity index (χ3v) is 2.58. The maximum atomic E-state index is 13.4. The quantitative estimate of drug-likeness (QED) is 0.594. The number of hydrogen-bond acceptors (Lipinski definition) is 4. The van der Waals surface area contributed by atoms with Gasteiger partial charge in [0.05, 0.1) is 5.56 Å². The highest BCUT2D eigenvalue weighted by molar-refractivity contribution is 6.05. The molecule has 0 radical (unpaired) electrons. The highest BCUT2D eigenvalue weighted by atomic mass is 19.2. The van der Waals surface area contributed by atoms with Gasteiger partial charge < -0.3 is 15.5 Å². The van der Waals surface area contributed by atoms with Crippen LogP contribution in [-0.4, -0.2) is 27.1 Å². The third-order valence-electron chi connectivity index (χ3n) is 2.58. The molecule has 0 atom stereocenters. The van der Waals surface area contributed by atoms with Gasteiger partial charge in [-0.1, -0.05) is 0 Å². The number of carboxylic acid groups (broad SMARTS) is 1. The van der Waals surface area contributed by atoms with Crippen LogP contribution in [0, 0.1) is 11.8 Å². The number of aromatic carboxylic acids is 1. The zero-order chi connectivity index (χ0) is 15.6. The van der Waals surface area contributed by atoms with Gasteiger partial charge in [-0.3, -0.25) is 4.79 Å². The molecule has 0 bridgehead atoms. The number of hydrogen-bond donors (Lipinski definition) is 3. The summed E-state index contributed by atoms with van der Waals surface area (Å²) in [5.74, 6) is -5.69. The summed E-state index contributed by atoms with van der Waals surface area (Å²) in [7, 11) is 0. The largest absolute Gasteiger partial charge is 0.507 e. The van der Waals surface area contributed by atoms with Gasteiger partial charge in [0.25, 0.3) is 5.91 Å². The zero-order valence-corrected chi connectivity index (χ0v) is 10.3. The molecule has 1 aromatic heterocycles. The Morgan fingerprint density at radius 1 is 1.14 bits per heavy atom. The second-order valence-electron chi connectivity index (χ2n) is 3.95. The first-order valence-corrected chi connectivity index (χ1v) is 5.58. The Morgan fingerprint density at radius 3 is 2.52 bits per heavy atom. The number of anilines is 1. The van der Waals surface area contributed by atoms with Crippen molar-refractivity contribution in [3.8, 4) is 5.75 Å².